The van der Waals surface area contributed by atoms with Crippen LogP contribution in [0.1, 0.15) is 19.0 Å². The highest BCUT2D eigenvalue weighted by Crippen LogP contribution is 2.18. The third kappa shape index (κ3) is 3.74. The lowest BCUT2D eigenvalue weighted by Gasteiger charge is -2.28. The first-order chi connectivity index (χ1) is 8.12. The first kappa shape index (κ1) is 14.1. The second-order valence-corrected chi connectivity index (χ2v) is 4.87. The first-order valence-electron chi connectivity index (χ1n) is 5.66. The van der Waals surface area contributed by atoms with Gasteiger partial charge in [-0.25, -0.2) is 10.8 Å². The molecule has 1 atom stereocenters. The Labute approximate surface area is 107 Å². The minimum atomic E-state index is 0.464. The summed E-state index contributed by atoms with van der Waals surface area (Å²) in [4.78, 5) is 10.7. The molecule has 1 aromatic heterocycles. The number of anilines is 2. The standard InChI is InChI=1S/C11H21N5S/c1-5-9(7-17-4)16(3)10-6-8(2)13-11(14-10)15-12/h6,9H,5,7,12H2,1-4H3,(H,13,14,15). The number of nitrogens with zero attached hydrogens (tertiary/aromatic N) is 3. The van der Waals surface area contributed by atoms with Crippen molar-refractivity contribution in [3.63, 3.8) is 0 Å². The molecular weight excluding hydrogens is 234 g/mol. The van der Waals surface area contributed by atoms with Crippen LogP contribution in [0.25, 0.3) is 0 Å². The molecule has 1 heterocycles. The Kier molecular flexibility index (Phi) is 5.50. The lowest BCUT2D eigenvalue weighted by molar-refractivity contribution is 0.665. The van der Waals surface area contributed by atoms with E-state index in [0.717, 1.165) is 23.7 Å². The molecule has 17 heavy (non-hydrogen) atoms. The SMILES string of the molecule is CCC(CSC)N(C)c1cc(C)nc(NN)n1. The third-order valence-corrected chi connectivity index (χ3v) is 3.43. The fraction of sp³-hybridized carbons (Fsp3) is 0.636. The van der Waals surface area contributed by atoms with Gasteiger partial charge in [0.1, 0.15) is 5.82 Å². The van der Waals surface area contributed by atoms with E-state index in [0.29, 0.717) is 12.0 Å². The molecule has 0 aliphatic carbocycles. The van der Waals surface area contributed by atoms with Gasteiger partial charge in [0.25, 0.3) is 0 Å². The summed E-state index contributed by atoms with van der Waals surface area (Å²) in [6, 6.07) is 2.45. The monoisotopic (exact) mass is 255 g/mol. The first-order valence-corrected chi connectivity index (χ1v) is 7.05. The van der Waals surface area contributed by atoms with Crippen molar-refractivity contribution < 1.29 is 0 Å². The average Bonchev–Trinajstić information content (AvgIpc) is 2.34. The van der Waals surface area contributed by atoms with Gasteiger partial charge in [-0.3, -0.25) is 5.43 Å². The van der Waals surface area contributed by atoms with E-state index in [1.807, 2.05) is 24.8 Å². The number of hydrazine groups is 1. The zero-order chi connectivity index (χ0) is 12.8. The largest absolute Gasteiger partial charge is 0.356 e. The Morgan fingerprint density at radius 2 is 2.24 bits per heavy atom. The van der Waals surface area contributed by atoms with Crippen molar-refractivity contribution in [2.45, 2.75) is 26.3 Å². The van der Waals surface area contributed by atoms with Crippen molar-refractivity contribution in [3.05, 3.63) is 11.8 Å². The van der Waals surface area contributed by atoms with Crippen LogP contribution in [-0.2, 0) is 0 Å². The quantitative estimate of drug-likeness (QED) is 0.595. The van der Waals surface area contributed by atoms with Gasteiger partial charge in [0, 0.05) is 30.6 Å². The van der Waals surface area contributed by atoms with E-state index in [-0.39, 0.29) is 0 Å². The van der Waals surface area contributed by atoms with Crippen molar-refractivity contribution in [3.8, 4) is 0 Å². The van der Waals surface area contributed by atoms with Gasteiger partial charge in [-0.15, -0.1) is 0 Å². The molecule has 1 unspecified atom stereocenters. The van der Waals surface area contributed by atoms with E-state index in [4.69, 9.17) is 5.84 Å². The summed E-state index contributed by atoms with van der Waals surface area (Å²) < 4.78 is 0. The van der Waals surface area contributed by atoms with Crippen molar-refractivity contribution in [2.24, 2.45) is 5.84 Å². The Bertz CT molecular complexity index is 358. The molecule has 0 saturated heterocycles. The summed E-state index contributed by atoms with van der Waals surface area (Å²) in [5.74, 6) is 7.81. The van der Waals surface area contributed by atoms with Crippen LogP contribution < -0.4 is 16.2 Å². The summed E-state index contributed by atoms with van der Waals surface area (Å²) in [7, 11) is 2.06. The topological polar surface area (TPSA) is 67.1 Å². The lowest BCUT2D eigenvalue weighted by Crippen LogP contribution is -2.34. The van der Waals surface area contributed by atoms with Crippen LogP contribution in [0.15, 0.2) is 6.07 Å². The summed E-state index contributed by atoms with van der Waals surface area (Å²) in [6.45, 7) is 4.13. The number of nitrogens with one attached hydrogen (secondary N) is 1. The molecule has 0 aromatic carbocycles. The zero-order valence-corrected chi connectivity index (χ0v) is 11.7. The number of nitrogen functional groups attached to an aromatic ring is 1. The number of hydrogen-bond acceptors (Lipinski definition) is 6. The Balaban J connectivity index is 2.93. The summed E-state index contributed by atoms with van der Waals surface area (Å²) >= 11 is 1.85. The molecule has 0 aliphatic rings. The fourth-order valence-corrected chi connectivity index (χ4v) is 2.52. The van der Waals surface area contributed by atoms with Gasteiger partial charge in [0.05, 0.1) is 0 Å². The molecule has 1 rings (SSSR count). The van der Waals surface area contributed by atoms with Crippen molar-refractivity contribution in [1.29, 1.82) is 0 Å². The molecule has 0 fully saturated rings. The van der Waals surface area contributed by atoms with Gasteiger partial charge in [-0.05, 0) is 19.6 Å². The predicted molar refractivity (Wildman–Crippen MR) is 75.4 cm³/mol. The number of hydrogen-bond donors (Lipinski definition) is 2. The highest BCUT2D eigenvalue weighted by atomic mass is 32.2. The van der Waals surface area contributed by atoms with Crippen molar-refractivity contribution >= 4 is 23.5 Å². The molecule has 3 N–H and O–H groups in total. The van der Waals surface area contributed by atoms with E-state index in [1.54, 1.807) is 0 Å². The van der Waals surface area contributed by atoms with Gasteiger partial charge in [-0.2, -0.15) is 16.7 Å². The van der Waals surface area contributed by atoms with E-state index in [2.05, 4.69) is 40.5 Å². The van der Waals surface area contributed by atoms with Crippen LogP contribution >= 0.6 is 11.8 Å². The van der Waals surface area contributed by atoms with Gasteiger partial charge in [0.2, 0.25) is 5.95 Å². The molecule has 0 bridgehead atoms. The van der Waals surface area contributed by atoms with Crippen LogP contribution in [-0.4, -0.2) is 35.1 Å². The predicted octanol–water partition coefficient (Wildman–Crippen LogP) is 1.65. The smallest absolute Gasteiger partial charge is 0.239 e. The number of rotatable bonds is 6. The summed E-state index contributed by atoms with van der Waals surface area (Å²) in [5, 5.41) is 0. The van der Waals surface area contributed by atoms with E-state index < -0.39 is 0 Å². The minimum Gasteiger partial charge on any atom is -0.356 e. The molecule has 96 valence electrons. The van der Waals surface area contributed by atoms with E-state index >= 15 is 0 Å². The van der Waals surface area contributed by atoms with Crippen molar-refractivity contribution in [2.75, 3.05) is 29.4 Å². The molecule has 0 radical (unpaired) electrons. The highest BCUT2D eigenvalue weighted by Gasteiger charge is 2.15. The maximum Gasteiger partial charge on any atom is 0.239 e. The van der Waals surface area contributed by atoms with Gasteiger partial charge >= 0.3 is 0 Å². The molecule has 0 aliphatic heterocycles. The highest BCUT2D eigenvalue weighted by molar-refractivity contribution is 7.98. The zero-order valence-electron chi connectivity index (χ0n) is 10.9. The van der Waals surface area contributed by atoms with Gasteiger partial charge in [-0.1, -0.05) is 6.92 Å². The number of aryl methyl sites for hydroxylation is 1. The number of thioether (sulfide) groups is 1. The molecule has 6 heteroatoms. The van der Waals surface area contributed by atoms with Crippen LogP contribution in [0.5, 0.6) is 0 Å². The number of aromatic nitrogens is 2. The van der Waals surface area contributed by atoms with Crippen LogP contribution in [0.3, 0.4) is 0 Å². The fourth-order valence-electron chi connectivity index (χ4n) is 1.68. The molecule has 0 saturated carbocycles. The van der Waals surface area contributed by atoms with Gasteiger partial charge in [0.15, 0.2) is 0 Å². The summed E-state index contributed by atoms with van der Waals surface area (Å²) in [5.41, 5.74) is 3.41. The molecule has 1 aromatic rings. The average molecular weight is 255 g/mol. The maximum absolute atomic E-state index is 5.36. The molecule has 0 spiro atoms. The van der Waals surface area contributed by atoms with E-state index in [9.17, 15) is 0 Å². The molecular formula is C11H21N5S. The molecule has 0 amide bonds. The van der Waals surface area contributed by atoms with Crippen molar-refractivity contribution in [1.82, 2.24) is 9.97 Å². The van der Waals surface area contributed by atoms with Gasteiger partial charge < -0.3 is 4.90 Å². The Hall–Kier alpha value is -1.01. The molecule has 5 nitrogen and oxygen atoms in total. The van der Waals surface area contributed by atoms with Crippen LogP contribution in [0.4, 0.5) is 11.8 Å². The summed E-state index contributed by atoms with van der Waals surface area (Å²) in [6.07, 6.45) is 3.21. The second-order valence-electron chi connectivity index (χ2n) is 3.96. The van der Waals surface area contributed by atoms with Crippen LogP contribution in [0, 0.1) is 6.92 Å². The Morgan fingerprint density at radius 1 is 1.53 bits per heavy atom. The van der Waals surface area contributed by atoms with E-state index in [1.165, 1.54) is 0 Å². The minimum absolute atomic E-state index is 0.464. The normalized spacial score (nSPS) is 12.3. The lowest BCUT2D eigenvalue weighted by atomic mass is 10.2. The number of nitrogens with two attached hydrogens (primary N) is 1. The third-order valence-electron chi connectivity index (χ3n) is 2.71. The maximum atomic E-state index is 5.36. The van der Waals surface area contributed by atoms with Crippen LogP contribution in [0.2, 0.25) is 0 Å². The Morgan fingerprint density at radius 3 is 2.76 bits per heavy atom. The second kappa shape index (κ2) is 6.66.